The third-order valence-corrected chi connectivity index (χ3v) is 2.97. The zero-order chi connectivity index (χ0) is 15.1. The highest BCUT2D eigenvalue weighted by Crippen LogP contribution is 2.15. The molecule has 0 aliphatic heterocycles. The van der Waals surface area contributed by atoms with Crippen LogP contribution in [0.5, 0.6) is 0 Å². The van der Waals surface area contributed by atoms with Crippen LogP contribution in [-0.4, -0.2) is 46.7 Å². The van der Waals surface area contributed by atoms with E-state index in [2.05, 4.69) is 0 Å². The van der Waals surface area contributed by atoms with E-state index < -0.39 is 5.97 Å². The lowest BCUT2D eigenvalue weighted by Crippen LogP contribution is -2.33. The number of likely N-dealkylation sites (N-methyl/N-ethyl adjacent to an activating group) is 1. The van der Waals surface area contributed by atoms with Crippen molar-refractivity contribution < 1.29 is 19.8 Å². The largest absolute Gasteiger partial charge is 0.478 e. The van der Waals surface area contributed by atoms with Crippen molar-refractivity contribution in [3.63, 3.8) is 0 Å². The summed E-state index contributed by atoms with van der Waals surface area (Å²) >= 11 is 0. The second-order valence-electron chi connectivity index (χ2n) is 4.35. The lowest BCUT2D eigenvalue weighted by atomic mass is 10.0. The summed E-state index contributed by atoms with van der Waals surface area (Å²) in [6.45, 7) is 4.39. The number of carbonyl (C=O) groups excluding carboxylic acids is 1. The fourth-order valence-corrected chi connectivity index (χ4v) is 1.82. The van der Waals surface area contributed by atoms with Crippen LogP contribution in [0, 0.1) is 6.92 Å². The Labute approximate surface area is 118 Å². The molecular weight excluding hydrogens is 258 g/mol. The molecule has 5 heteroatoms. The topological polar surface area (TPSA) is 77.8 Å². The molecule has 0 fully saturated rings. The quantitative estimate of drug-likeness (QED) is 0.773. The van der Waals surface area contributed by atoms with Crippen molar-refractivity contribution in [1.82, 2.24) is 4.90 Å². The number of aliphatic hydroxyl groups excluding tert-OH is 1. The molecule has 0 heterocycles. The van der Waals surface area contributed by atoms with Gasteiger partial charge in [-0.3, -0.25) is 4.79 Å². The number of hydrogen-bond donors (Lipinski definition) is 2. The zero-order valence-electron chi connectivity index (χ0n) is 11.7. The number of carboxylic acids is 1. The van der Waals surface area contributed by atoms with Gasteiger partial charge in [0.25, 0.3) is 5.91 Å². The third kappa shape index (κ3) is 4.20. The molecule has 1 aromatic carbocycles. The average molecular weight is 277 g/mol. The minimum Gasteiger partial charge on any atom is -0.478 e. The number of benzene rings is 1. The molecule has 108 valence electrons. The first-order valence-corrected chi connectivity index (χ1v) is 6.41. The van der Waals surface area contributed by atoms with Gasteiger partial charge in [-0.15, -0.1) is 0 Å². The van der Waals surface area contributed by atoms with Gasteiger partial charge in [0.1, 0.15) is 0 Å². The fourth-order valence-electron chi connectivity index (χ4n) is 1.82. The molecule has 0 saturated heterocycles. The van der Waals surface area contributed by atoms with Crippen molar-refractivity contribution in [3.8, 4) is 0 Å². The van der Waals surface area contributed by atoms with Gasteiger partial charge < -0.3 is 15.1 Å². The van der Waals surface area contributed by atoms with E-state index in [0.717, 1.165) is 11.6 Å². The SMILES string of the molecule is CCN(CCO)C(=O)c1ccc(C)c(/C=C/C(=O)O)c1. The summed E-state index contributed by atoms with van der Waals surface area (Å²) in [7, 11) is 0. The van der Waals surface area contributed by atoms with E-state index in [1.807, 2.05) is 13.8 Å². The van der Waals surface area contributed by atoms with Crippen molar-refractivity contribution in [2.45, 2.75) is 13.8 Å². The van der Waals surface area contributed by atoms with Crippen molar-refractivity contribution in [2.75, 3.05) is 19.7 Å². The van der Waals surface area contributed by atoms with Crippen molar-refractivity contribution in [3.05, 3.63) is 41.0 Å². The molecule has 0 spiro atoms. The van der Waals surface area contributed by atoms with Gasteiger partial charge in [0.2, 0.25) is 0 Å². The Morgan fingerprint density at radius 2 is 2.05 bits per heavy atom. The summed E-state index contributed by atoms with van der Waals surface area (Å²) in [6, 6.07) is 5.15. The third-order valence-electron chi connectivity index (χ3n) is 2.97. The zero-order valence-corrected chi connectivity index (χ0v) is 11.7. The number of aryl methyl sites for hydroxylation is 1. The number of carbonyl (C=O) groups is 2. The number of aliphatic carboxylic acids is 1. The number of rotatable bonds is 6. The highest BCUT2D eigenvalue weighted by molar-refractivity contribution is 5.95. The maximum atomic E-state index is 12.2. The summed E-state index contributed by atoms with van der Waals surface area (Å²) in [5, 5.41) is 17.6. The lowest BCUT2D eigenvalue weighted by Gasteiger charge is -2.20. The van der Waals surface area contributed by atoms with Gasteiger partial charge in [-0.25, -0.2) is 4.79 Å². The smallest absolute Gasteiger partial charge is 0.328 e. The van der Waals surface area contributed by atoms with Gasteiger partial charge in [0.05, 0.1) is 6.61 Å². The Morgan fingerprint density at radius 3 is 2.60 bits per heavy atom. The number of nitrogens with zero attached hydrogens (tertiary/aromatic N) is 1. The van der Waals surface area contributed by atoms with Crippen LogP contribution >= 0.6 is 0 Å². The monoisotopic (exact) mass is 277 g/mol. The van der Waals surface area contributed by atoms with Crippen LogP contribution in [0.15, 0.2) is 24.3 Å². The molecule has 1 amide bonds. The molecule has 0 aliphatic carbocycles. The van der Waals surface area contributed by atoms with E-state index in [4.69, 9.17) is 10.2 Å². The molecule has 0 unspecified atom stereocenters. The molecule has 0 saturated carbocycles. The second kappa shape index (κ2) is 7.45. The predicted molar refractivity (Wildman–Crippen MR) is 76.5 cm³/mol. The number of amides is 1. The fraction of sp³-hybridized carbons (Fsp3) is 0.333. The predicted octanol–water partition coefficient (Wildman–Crippen LogP) is 1.55. The molecular formula is C15H19NO4. The van der Waals surface area contributed by atoms with Crippen LogP contribution in [0.3, 0.4) is 0 Å². The van der Waals surface area contributed by atoms with Gasteiger partial charge in [-0.2, -0.15) is 0 Å². The Morgan fingerprint density at radius 1 is 1.35 bits per heavy atom. The standard InChI is InChI=1S/C15H19NO4/c1-3-16(8-9-17)15(20)13-5-4-11(2)12(10-13)6-7-14(18)19/h4-7,10,17H,3,8-9H2,1-2H3,(H,18,19)/b7-6+. The van der Waals surface area contributed by atoms with E-state index in [9.17, 15) is 9.59 Å². The number of carboxylic acid groups (broad SMARTS) is 1. The number of hydrogen-bond acceptors (Lipinski definition) is 3. The lowest BCUT2D eigenvalue weighted by molar-refractivity contribution is -0.131. The van der Waals surface area contributed by atoms with Crippen molar-refractivity contribution in [1.29, 1.82) is 0 Å². The highest BCUT2D eigenvalue weighted by Gasteiger charge is 2.14. The summed E-state index contributed by atoms with van der Waals surface area (Å²) in [4.78, 5) is 24.3. The van der Waals surface area contributed by atoms with E-state index in [1.54, 1.807) is 18.2 Å². The molecule has 5 nitrogen and oxygen atoms in total. The minimum absolute atomic E-state index is 0.0861. The molecule has 0 aliphatic rings. The first-order chi connectivity index (χ1) is 9.49. The van der Waals surface area contributed by atoms with Crippen LogP contribution in [-0.2, 0) is 4.79 Å². The Bertz CT molecular complexity index is 523. The summed E-state index contributed by atoms with van der Waals surface area (Å²) < 4.78 is 0. The summed E-state index contributed by atoms with van der Waals surface area (Å²) in [6.07, 6.45) is 2.51. The van der Waals surface area contributed by atoms with Crippen LogP contribution < -0.4 is 0 Å². The maximum Gasteiger partial charge on any atom is 0.328 e. The van der Waals surface area contributed by atoms with E-state index >= 15 is 0 Å². The minimum atomic E-state index is -1.03. The molecule has 0 atom stereocenters. The van der Waals surface area contributed by atoms with Crippen LogP contribution in [0.1, 0.15) is 28.4 Å². The molecule has 0 bridgehead atoms. The Hall–Kier alpha value is -2.14. The van der Waals surface area contributed by atoms with Gasteiger partial charge in [-0.1, -0.05) is 6.07 Å². The summed E-state index contributed by atoms with van der Waals surface area (Å²) in [5.41, 5.74) is 2.07. The van der Waals surface area contributed by atoms with Crippen LogP contribution in [0.2, 0.25) is 0 Å². The first-order valence-electron chi connectivity index (χ1n) is 6.41. The molecule has 0 radical (unpaired) electrons. The van der Waals surface area contributed by atoms with Crippen LogP contribution in [0.25, 0.3) is 6.08 Å². The van der Waals surface area contributed by atoms with Gasteiger partial charge in [0.15, 0.2) is 0 Å². The highest BCUT2D eigenvalue weighted by atomic mass is 16.4. The normalized spacial score (nSPS) is 10.8. The Balaban J connectivity index is 3.05. The molecule has 2 N–H and O–H groups in total. The molecule has 1 aromatic rings. The van der Waals surface area contributed by atoms with E-state index in [-0.39, 0.29) is 19.1 Å². The van der Waals surface area contributed by atoms with Gasteiger partial charge >= 0.3 is 5.97 Å². The maximum absolute atomic E-state index is 12.2. The summed E-state index contributed by atoms with van der Waals surface area (Å²) in [5.74, 6) is -1.21. The van der Waals surface area contributed by atoms with Crippen molar-refractivity contribution >= 4 is 18.0 Å². The van der Waals surface area contributed by atoms with E-state index in [0.29, 0.717) is 17.7 Å². The molecule has 1 rings (SSSR count). The average Bonchev–Trinajstić information content (AvgIpc) is 2.43. The Kier molecular flexibility index (Phi) is 5.93. The first kappa shape index (κ1) is 15.9. The van der Waals surface area contributed by atoms with E-state index in [1.165, 1.54) is 11.0 Å². The van der Waals surface area contributed by atoms with Crippen LogP contribution in [0.4, 0.5) is 0 Å². The van der Waals surface area contributed by atoms with Crippen molar-refractivity contribution in [2.24, 2.45) is 0 Å². The number of aliphatic hydroxyl groups is 1. The second-order valence-corrected chi connectivity index (χ2v) is 4.35. The molecule has 0 aromatic heterocycles. The van der Waals surface area contributed by atoms with Gasteiger partial charge in [0, 0.05) is 24.7 Å². The molecule has 20 heavy (non-hydrogen) atoms. The van der Waals surface area contributed by atoms with Gasteiger partial charge in [-0.05, 0) is 43.2 Å².